The smallest absolute Gasteiger partial charge is 0.265 e. The van der Waals surface area contributed by atoms with E-state index in [4.69, 9.17) is 12.2 Å². The first-order chi connectivity index (χ1) is 12.4. The first-order valence-electron chi connectivity index (χ1n) is 8.17. The molecule has 0 spiro atoms. The van der Waals surface area contributed by atoms with Crippen LogP contribution in [-0.2, 0) is 9.59 Å². The fourth-order valence-electron chi connectivity index (χ4n) is 2.95. The molecule has 0 aliphatic carbocycles. The molecule has 2 amide bonds. The third-order valence-electron chi connectivity index (χ3n) is 4.23. The van der Waals surface area contributed by atoms with Crippen molar-refractivity contribution in [2.24, 2.45) is 0 Å². The highest BCUT2D eigenvalue weighted by Crippen LogP contribution is 2.19. The van der Waals surface area contributed by atoms with Gasteiger partial charge in [-0.15, -0.1) is 6.58 Å². The van der Waals surface area contributed by atoms with Crippen LogP contribution in [0.1, 0.15) is 17.0 Å². The molecule has 5 nitrogen and oxygen atoms in total. The van der Waals surface area contributed by atoms with Gasteiger partial charge < -0.3 is 4.57 Å². The number of hydrogen-bond donors (Lipinski definition) is 1. The molecule has 1 saturated heterocycles. The van der Waals surface area contributed by atoms with Gasteiger partial charge in [-0.1, -0.05) is 18.2 Å². The van der Waals surface area contributed by atoms with Gasteiger partial charge in [0.1, 0.15) is 5.57 Å². The van der Waals surface area contributed by atoms with Crippen LogP contribution in [0, 0.1) is 13.8 Å². The number of benzene rings is 1. The fraction of sp³-hybridized carbons (Fsp3) is 0.150. The van der Waals surface area contributed by atoms with E-state index in [1.807, 2.05) is 38.1 Å². The lowest BCUT2D eigenvalue weighted by molar-refractivity contribution is -0.128. The van der Waals surface area contributed by atoms with Crippen LogP contribution in [0.2, 0.25) is 0 Å². The van der Waals surface area contributed by atoms with Crippen LogP contribution in [0.3, 0.4) is 0 Å². The molecule has 0 unspecified atom stereocenters. The molecule has 1 aliphatic rings. The Morgan fingerprint density at radius 2 is 1.69 bits per heavy atom. The normalized spacial score (nSPS) is 16.2. The number of aromatic nitrogens is 1. The van der Waals surface area contributed by atoms with Crippen LogP contribution in [-0.4, -0.2) is 32.9 Å². The number of nitrogens with one attached hydrogen (secondary N) is 1. The van der Waals surface area contributed by atoms with E-state index in [2.05, 4.69) is 28.6 Å². The van der Waals surface area contributed by atoms with E-state index >= 15 is 0 Å². The van der Waals surface area contributed by atoms with Gasteiger partial charge in [-0.05, 0) is 62.0 Å². The van der Waals surface area contributed by atoms with Gasteiger partial charge in [0.05, 0.1) is 0 Å². The van der Waals surface area contributed by atoms with Gasteiger partial charge in [0.15, 0.2) is 5.11 Å². The summed E-state index contributed by atoms with van der Waals surface area (Å²) in [5.74, 6) is -0.902. The number of carbonyl (C=O) groups is 2. The summed E-state index contributed by atoms with van der Waals surface area (Å²) in [6, 6.07) is 11.8. The lowest BCUT2D eigenvalue weighted by Gasteiger charge is -2.27. The SMILES string of the molecule is C=CCN1C(=O)C(=Cc2ccc(-n3c(C)ccc3C)cc2)C(=O)NC1=S. The topological polar surface area (TPSA) is 54.3 Å². The molecular weight excluding hydrogens is 346 g/mol. The zero-order valence-electron chi connectivity index (χ0n) is 14.7. The van der Waals surface area contributed by atoms with Gasteiger partial charge >= 0.3 is 0 Å². The third-order valence-corrected chi connectivity index (χ3v) is 4.55. The van der Waals surface area contributed by atoms with Gasteiger partial charge in [0.2, 0.25) is 0 Å². The molecule has 132 valence electrons. The van der Waals surface area contributed by atoms with Crippen molar-refractivity contribution < 1.29 is 9.59 Å². The molecular formula is C20H19N3O2S. The summed E-state index contributed by atoms with van der Waals surface area (Å²) in [4.78, 5) is 26.0. The highest BCUT2D eigenvalue weighted by atomic mass is 32.1. The quantitative estimate of drug-likeness (QED) is 0.392. The number of amides is 2. The van der Waals surface area contributed by atoms with Crippen molar-refractivity contribution in [1.29, 1.82) is 0 Å². The van der Waals surface area contributed by atoms with Crippen molar-refractivity contribution in [2.75, 3.05) is 6.54 Å². The maximum Gasteiger partial charge on any atom is 0.265 e. The Morgan fingerprint density at radius 1 is 1.08 bits per heavy atom. The molecule has 1 aromatic heterocycles. The molecule has 1 fully saturated rings. The predicted molar refractivity (Wildman–Crippen MR) is 106 cm³/mol. The van der Waals surface area contributed by atoms with Crippen LogP contribution in [0.4, 0.5) is 0 Å². The number of aryl methyl sites for hydroxylation is 2. The van der Waals surface area contributed by atoms with Crippen LogP contribution >= 0.6 is 12.2 Å². The van der Waals surface area contributed by atoms with Gasteiger partial charge in [-0.3, -0.25) is 19.8 Å². The van der Waals surface area contributed by atoms with Crippen molar-refractivity contribution in [3.05, 3.63) is 71.6 Å². The summed E-state index contributed by atoms with van der Waals surface area (Å²) in [7, 11) is 0. The standard InChI is InChI=1S/C20H19N3O2S/c1-4-11-22-19(25)17(18(24)21-20(22)26)12-15-7-9-16(10-8-15)23-13(2)5-6-14(23)3/h4-10,12H,1,11H2,2-3H3,(H,21,24,26). The second kappa shape index (κ2) is 7.09. The molecule has 0 radical (unpaired) electrons. The van der Waals surface area contributed by atoms with E-state index in [9.17, 15) is 9.59 Å². The minimum Gasteiger partial charge on any atom is -0.319 e. The van der Waals surface area contributed by atoms with Crippen LogP contribution < -0.4 is 5.32 Å². The van der Waals surface area contributed by atoms with Gasteiger partial charge in [-0.25, -0.2) is 0 Å². The number of thiocarbonyl (C=S) groups is 1. The van der Waals surface area contributed by atoms with Crippen LogP contribution in [0.15, 0.2) is 54.6 Å². The zero-order valence-corrected chi connectivity index (χ0v) is 15.5. The number of hydrogen-bond acceptors (Lipinski definition) is 3. The van der Waals surface area contributed by atoms with Crippen molar-refractivity contribution >= 4 is 35.2 Å². The largest absolute Gasteiger partial charge is 0.319 e. The summed E-state index contributed by atoms with van der Waals surface area (Å²) < 4.78 is 2.14. The summed E-state index contributed by atoms with van der Waals surface area (Å²) in [6.07, 6.45) is 3.14. The minimum absolute atomic E-state index is 0.0570. The molecule has 0 bridgehead atoms. The Balaban J connectivity index is 1.92. The van der Waals surface area contributed by atoms with Crippen molar-refractivity contribution in [3.8, 4) is 5.69 Å². The molecule has 1 aromatic carbocycles. The number of carbonyl (C=O) groups excluding carboxylic acids is 2. The van der Waals surface area contributed by atoms with E-state index in [1.165, 1.54) is 4.90 Å². The highest BCUT2D eigenvalue weighted by Gasteiger charge is 2.32. The summed E-state index contributed by atoms with van der Waals surface area (Å²) in [6.45, 7) is 7.96. The van der Waals surface area contributed by atoms with Crippen molar-refractivity contribution in [2.45, 2.75) is 13.8 Å². The second-order valence-corrected chi connectivity index (χ2v) is 6.45. The van der Waals surface area contributed by atoms with E-state index in [0.29, 0.717) is 0 Å². The first-order valence-corrected chi connectivity index (χ1v) is 8.58. The Bertz CT molecular complexity index is 919. The summed E-state index contributed by atoms with van der Waals surface area (Å²) >= 11 is 5.05. The van der Waals surface area contributed by atoms with Crippen LogP contribution in [0.25, 0.3) is 11.8 Å². The molecule has 1 N–H and O–H groups in total. The Hall–Kier alpha value is -2.99. The van der Waals surface area contributed by atoms with E-state index in [-0.39, 0.29) is 17.2 Å². The molecule has 2 heterocycles. The summed E-state index contributed by atoms with van der Waals surface area (Å²) in [5, 5.41) is 2.64. The minimum atomic E-state index is -0.485. The average Bonchev–Trinajstić information content (AvgIpc) is 2.95. The number of rotatable bonds is 4. The second-order valence-electron chi connectivity index (χ2n) is 6.06. The molecule has 3 rings (SSSR count). The lowest BCUT2D eigenvalue weighted by atomic mass is 10.1. The maximum absolute atomic E-state index is 12.5. The third kappa shape index (κ3) is 3.23. The first kappa shape index (κ1) is 17.8. The van der Waals surface area contributed by atoms with E-state index in [0.717, 1.165) is 22.6 Å². The highest BCUT2D eigenvalue weighted by molar-refractivity contribution is 7.80. The van der Waals surface area contributed by atoms with Crippen LogP contribution in [0.5, 0.6) is 0 Å². The molecule has 0 saturated carbocycles. The molecule has 2 aromatic rings. The fourth-order valence-corrected chi connectivity index (χ4v) is 3.20. The monoisotopic (exact) mass is 365 g/mol. The molecule has 6 heteroatoms. The van der Waals surface area contributed by atoms with E-state index in [1.54, 1.807) is 12.2 Å². The van der Waals surface area contributed by atoms with Gasteiger partial charge in [0, 0.05) is 23.6 Å². The number of nitrogens with zero attached hydrogens (tertiary/aromatic N) is 2. The summed E-state index contributed by atoms with van der Waals surface area (Å²) in [5.41, 5.74) is 4.14. The molecule has 1 aliphatic heterocycles. The van der Waals surface area contributed by atoms with Gasteiger partial charge in [-0.2, -0.15) is 0 Å². The lowest BCUT2D eigenvalue weighted by Crippen LogP contribution is -2.53. The Morgan fingerprint density at radius 3 is 2.27 bits per heavy atom. The average molecular weight is 365 g/mol. The van der Waals surface area contributed by atoms with Gasteiger partial charge in [0.25, 0.3) is 11.8 Å². The van der Waals surface area contributed by atoms with Crippen molar-refractivity contribution in [1.82, 2.24) is 14.8 Å². The Labute approximate surface area is 157 Å². The predicted octanol–water partition coefficient (Wildman–Crippen LogP) is 2.91. The molecule has 26 heavy (non-hydrogen) atoms. The maximum atomic E-state index is 12.5. The van der Waals surface area contributed by atoms with Crippen molar-refractivity contribution in [3.63, 3.8) is 0 Å². The Kier molecular flexibility index (Phi) is 4.86. The molecule has 0 atom stereocenters. The van der Waals surface area contributed by atoms with E-state index < -0.39 is 11.8 Å². The zero-order chi connectivity index (χ0) is 18.8.